The molecule has 1 aliphatic carbocycles. The van der Waals surface area contributed by atoms with Crippen LogP contribution in [-0.4, -0.2) is 43.8 Å². The molecule has 0 amide bonds. The molecule has 0 unspecified atom stereocenters. The summed E-state index contributed by atoms with van der Waals surface area (Å²) in [7, 11) is 0. The first-order chi connectivity index (χ1) is 9.90. The Labute approximate surface area is 127 Å². The van der Waals surface area contributed by atoms with E-state index in [0.29, 0.717) is 0 Å². The van der Waals surface area contributed by atoms with Crippen molar-refractivity contribution in [1.82, 2.24) is 10.2 Å². The van der Waals surface area contributed by atoms with Gasteiger partial charge in [-0.15, -0.1) is 11.3 Å². The van der Waals surface area contributed by atoms with Crippen molar-refractivity contribution in [3.63, 3.8) is 0 Å². The van der Waals surface area contributed by atoms with E-state index in [0.717, 1.165) is 38.9 Å². The van der Waals surface area contributed by atoms with Crippen molar-refractivity contribution in [1.29, 1.82) is 0 Å². The van der Waals surface area contributed by atoms with E-state index in [4.69, 9.17) is 4.74 Å². The summed E-state index contributed by atoms with van der Waals surface area (Å²) in [6, 6.07) is 5.25. The van der Waals surface area contributed by atoms with Gasteiger partial charge in [0.15, 0.2) is 0 Å². The molecular formula is C16H28N2OS. The Morgan fingerprint density at radius 1 is 1.35 bits per heavy atom. The molecule has 3 nitrogen and oxygen atoms in total. The van der Waals surface area contributed by atoms with E-state index < -0.39 is 0 Å². The molecule has 0 bridgehead atoms. The standard InChI is InChI=1S/C16H28N2OS/c1-2-19-12-4-3-9-17-10-11-18(15-7-8-15)14-16-6-5-13-20-16/h5-6,13,15,17H,2-4,7-12,14H2,1H3. The second kappa shape index (κ2) is 9.50. The minimum Gasteiger partial charge on any atom is -0.382 e. The molecule has 0 spiro atoms. The fraction of sp³-hybridized carbons (Fsp3) is 0.750. The third-order valence-corrected chi connectivity index (χ3v) is 4.54. The van der Waals surface area contributed by atoms with Crippen LogP contribution in [0, 0.1) is 0 Å². The van der Waals surface area contributed by atoms with Crippen LogP contribution in [0.4, 0.5) is 0 Å². The van der Waals surface area contributed by atoms with Crippen LogP contribution in [0.5, 0.6) is 0 Å². The summed E-state index contributed by atoms with van der Waals surface area (Å²) in [6.07, 6.45) is 5.16. The Balaban J connectivity index is 1.52. The van der Waals surface area contributed by atoms with Gasteiger partial charge in [0.25, 0.3) is 0 Å². The van der Waals surface area contributed by atoms with Gasteiger partial charge in [0, 0.05) is 43.8 Å². The van der Waals surface area contributed by atoms with Crippen LogP contribution in [0.25, 0.3) is 0 Å². The molecule has 1 saturated carbocycles. The third kappa shape index (κ3) is 6.35. The van der Waals surface area contributed by atoms with Crippen LogP contribution in [-0.2, 0) is 11.3 Å². The Morgan fingerprint density at radius 2 is 2.25 bits per heavy atom. The van der Waals surface area contributed by atoms with Gasteiger partial charge < -0.3 is 10.1 Å². The molecule has 2 rings (SSSR count). The molecule has 1 N–H and O–H groups in total. The normalized spacial score (nSPS) is 15.1. The summed E-state index contributed by atoms with van der Waals surface area (Å²) in [6.45, 7) is 8.33. The molecule has 114 valence electrons. The van der Waals surface area contributed by atoms with E-state index >= 15 is 0 Å². The summed E-state index contributed by atoms with van der Waals surface area (Å²) in [4.78, 5) is 4.13. The predicted octanol–water partition coefficient (Wildman–Crippen LogP) is 3.12. The van der Waals surface area contributed by atoms with Crippen LogP contribution in [0.3, 0.4) is 0 Å². The van der Waals surface area contributed by atoms with Gasteiger partial charge in [-0.05, 0) is 50.6 Å². The summed E-state index contributed by atoms with van der Waals surface area (Å²) >= 11 is 1.88. The van der Waals surface area contributed by atoms with Gasteiger partial charge in [0.05, 0.1) is 0 Å². The molecule has 4 heteroatoms. The van der Waals surface area contributed by atoms with Crippen LogP contribution < -0.4 is 5.32 Å². The van der Waals surface area contributed by atoms with Gasteiger partial charge in [-0.3, -0.25) is 4.90 Å². The van der Waals surface area contributed by atoms with Crippen molar-refractivity contribution in [2.45, 2.75) is 45.2 Å². The minimum absolute atomic E-state index is 0.840. The molecule has 0 saturated heterocycles. The number of nitrogens with one attached hydrogen (secondary N) is 1. The number of unbranched alkanes of at least 4 members (excludes halogenated alkanes) is 1. The van der Waals surface area contributed by atoms with Crippen molar-refractivity contribution in [3.05, 3.63) is 22.4 Å². The lowest BCUT2D eigenvalue weighted by molar-refractivity contribution is 0.143. The van der Waals surface area contributed by atoms with Gasteiger partial charge in [-0.1, -0.05) is 6.07 Å². The molecule has 1 aromatic rings. The van der Waals surface area contributed by atoms with Gasteiger partial charge in [-0.25, -0.2) is 0 Å². The fourth-order valence-corrected chi connectivity index (χ4v) is 3.11. The van der Waals surface area contributed by atoms with E-state index in [1.165, 1.54) is 37.1 Å². The van der Waals surface area contributed by atoms with E-state index in [1.807, 2.05) is 11.3 Å². The largest absolute Gasteiger partial charge is 0.382 e. The molecule has 0 atom stereocenters. The van der Waals surface area contributed by atoms with Gasteiger partial charge in [-0.2, -0.15) is 0 Å². The maximum Gasteiger partial charge on any atom is 0.0466 e. The van der Waals surface area contributed by atoms with Gasteiger partial charge in [0.2, 0.25) is 0 Å². The Kier molecular flexibility index (Phi) is 7.58. The quantitative estimate of drug-likeness (QED) is 0.600. The molecule has 1 heterocycles. The summed E-state index contributed by atoms with van der Waals surface area (Å²) in [5.74, 6) is 0. The molecule has 0 radical (unpaired) electrons. The zero-order chi connectivity index (χ0) is 14.0. The predicted molar refractivity (Wildman–Crippen MR) is 86.3 cm³/mol. The zero-order valence-electron chi connectivity index (χ0n) is 12.6. The summed E-state index contributed by atoms with van der Waals surface area (Å²) in [5, 5.41) is 5.74. The molecule has 20 heavy (non-hydrogen) atoms. The molecule has 1 fully saturated rings. The molecule has 1 aromatic heterocycles. The van der Waals surface area contributed by atoms with Crippen LogP contribution in [0.2, 0.25) is 0 Å². The van der Waals surface area contributed by atoms with E-state index in [1.54, 1.807) is 0 Å². The van der Waals surface area contributed by atoms with Crippen molar-refractivity contribution < 1.29 is 4.74 Å². The smallest absolute Gasteiger partial charge is 0.0466 e. The number of ether oxygens (including phenoxy) is 1. The van der Waals surface area contributed by atoms with Crippen LogP contribution in [0.1, 0.15) is 37.5 Å². The molecule has 0 aliphatic heterocycles. The topological polar surface area (TPSA) is 24.5 Å². The van der Waals surface area contributed by atoms with E-state index in [-0.39, 0.29) is 0 Å². The first-order valence-corrected chi connectivity index (χ1v) is 8.83. The van der Waals surface area contributed by atoms with Crippen molar-refractivity contribution >= 4 is 11.3 Å². The fourth-order valence-electron chi connectivity index (χ4n) is 2.38. The van der Waals surface area contributed by atoms with Crippen LogP contribution in [0.15, 0.2) is 17.5 Å². The lowest BCUT2D eigenvalue weighted by atomic mass is 10.3. The van der Waals surface area contributed by atoms with Crippen molar-refractivity contribution in [2.24, 2.45) is 0 Å². The highest BCUT2D eigenvalue weighted by molar-refractivity contribution is 7.09. The van der Waals surface area contributed by atoms with Gasteiger partial charge in [0.1, 0.15) is 0 Å². The summed E-state index contributed by atoms with van der Waals surface area (Å²) < 4.78 is 5.34. The second-order valence-electron chi connectivity index (χ2n) is 5.44. The average molecular weight is 296 g/mol. The minimum atomic E-state index is 0.840. The van der Waals surface area contributed by atoms with Crippen LogP contribution >= 0.6 is 11.3 Å². The lowest BCUT2D eigenvalue weighted by Crippen LogP contribution is -2.33. The highest BCUT2D eigenvalue weighted by Crippen LogP contribution is 2.28. The van der Waals surface area contributed by atoms with E-state index in [2.05, 4.69) is 34.7 Å². The zero-order valence-corrected chi connectivity index (χ0v) is 13.5. The number of thiophene rings is 1. The van der Waals surface area contributed by atoms with E-state index in [9.17, 15) is 0 Å². The highest BCUT2D eigenvalue weighted by atomic mass is 32.1. The first-order valence-electron chi connectivity index (χ1n) is 7.95. The average Bonchev–Trinajstić information content (AvgIpc) is 3.18. The number of hydrogen-bond acceptors (Lipinski definition) is 4. The maximum absolute atomic E-state index is 5.34. The Morgan fingerprint density at radius 3 is 2.95 bits per heavy atom. The Hall–Kier alpha value is -0.420. The van der Waals surface area contributed by atoms with Crippen molar-refractivity contribution in [3.8, 4) is 0 Å². The monoisotopic (exact) mass is 296 g/mol. The maximum atomic E-state index is 5.34. The first kappa shape index (κ1) is 16.0. The number of nitrogens with zero attached hydrogens (tertiary/aromatic N) is 1. The molecule has 1 aliphatic rings. The summed E-state index contributed by atoms with van der Waals surface area (Å²) in [5.41, 5.74) is 0. The van der Waals surface area contributed by atoms with Gasteiger partial charge >= 0.3 is 0 Å². The Bertz CT molecular complexity index is 338. The molecular weight excluding hydrogens is 268 g/mol. The lowest BCUT2D eigenvalue weighted by Gasteiger charge is -2.21. The highest BCUT2D eigenvalue weighted by Gasteiger charge is 2.28. The number of hydrogen-bond donors (Lipinski definition) is 1. The number of rotatable bonds is 12. The van der Waals surface area contributed by atoms with Crippen molar-refractivity contribution in [2.75, 3.05) is 32.8 Å². The SMILES string of the molecule is CCOCCCCNCCN(Cc1cccs1)C1CC1. The third-order valence-electron chi connectivity index (χ3n) is 3.67. The molecule has 0 aromatic carbocycles. The second-order valence-corrected chi connectivity index (χ2v) is 6.47.